The van der Waals surface area contributed by atoms with Gasteiger partial charge in [-0.15, -0.1) is 0 Å². The number of hydrogen-bond acceptors (Lipinski definition) is 0. The van der Waals surface area contributed by atoms with Crippen molar-refractivity contribution in [2.45, 2.75) is 83.1 Å². The lowest BCUT2D eigenvalue weighted by atomic mass is 9.80. The average Bonchev–Trinajstić information content (AvgIpc) is 2.35. The minimum Gasteiger partial charge on any atom is -0.0716 e. The quantitative estimate of drug-likeness (QED) is 0.467. The van der Waals surface area contributed by atoms with E-state index in [4.69, 9.17) is 0 Å². The lowest BCUT2D eigenvalue weighted by molar-refractivity contribution is 0.235. The van der Waals surface area contributed by atoms with E-state index in [9.17, 15) is 0 Å². The fraction of sp³-hybridized carbons (Fsp3) is 0.900. The van der Waals surface area contributed by atoms with E-state index in [1.807, 2.05) is 0 Å². The van der Waals surface area contributed by atoms with Gasteiger partial charge in [-0.25, -0.2) is 0 Å². The van der Waals surface area contributed by atoms with E-state index in [0.717, 1.165) is 23.7 Å². The van der Waals surface area contributed by atoms with Gasteiger partial charge in [-0.3, -0.25) is 0 Å². The van der Waals surface area contributed by atoms with Gasteiger partial charge in [0.1, 0.15) is 0 Å². The Kier molecular flexibility index (Phi) is 11.5. The Morgan fingerprint density at radius 1 is 0.450 bits per heavy atom. The minimum absolute atomic E-state index is 0.711. The van der Waals surface area contributed by atoms with Crippen molar-refractivity contribution in [2.24, 2.45) is 35.5 Å². The summed E-state index contributed by atoms with van der Waals surface area (Å²) < 4.78 is 0. The Labute approximate surface area is 130 Å². The summed E-state index contributed by atoms with van der Waals surface area (Å²) >= 11 is 0. The Balaban J connectivity index is 0. The summed E-state index contributed by atoms with van der Waals surface area (Å²) in [6, 6.07) is 0. The molecule has 2 unspecified atom stereocenters. The molecule has 0 radical (unpaired) electrons. The van der Waals surface area contributed by atoms with Crippen LogP contribution in [0, 0.1) is 35.5 Å². The first kappa shape index (κ1) is 22.0. The topological polar surface area (TPSA) is 0 Å². The molecule has 0 nitrogen and oxygen atoms in total. The SMILES string of the molecule is C/C(=C(\C)C(C)C)C(C)C.CC(C)C(C)C(C)C(C)C. The van der Waals surface area contributed by atoms with Crippen molar-refractivity contribution in [3.05, 3.63) is 11.1 Å². The predicted molar refractivity (Wildman–Crippen MR) is 96.1 cm³/mol. The highest BCUT2D eigenvalue weighted by Gasteiger charge is 2.17. The summed E-state index contributed by atoms with van der Waals surface area (Å²) in [6.45, 7) is 27.4. The second-order valence-corrected chi connectivity index (χ2v) is 7.88. The fourth-order valence-electron chi connectivity index (χ4n) is 2.12. The van der Waals surface area contributed by atoms with Crippen molar-refractivity contribution >= 4 is 0 Å². The van der Waals surface area contributed by atoms with Gasteiger partial charge in [-0.1, -0.05) is 80.4 Å². The van der Waals surface area contributed by atoms with Gasteiger partial charge in [0.2, 0.25) is 0 Å². The third kappa shape index (κ3) is 8.82. The Hall–Kier alpha value is -0.260. The lowest BCUT2D eigenvalue weighted by Crippen LogP contribution is -2.18. The number of rotatable bonds is 5. The molecule has 0 aromatic carbocycles. The van der Waals surface area contributed by atoms with Crippen LogP contribution in [0.2, 0.25) is 0 Å². The summed E-state index contributed by atoms with van der Waals surface area (Å²) in [5.41, 5.74) is 3.10. The molecule has 0 aliphatic carbocycles. The Morgan fingerprint density at radius 3 is 0.750 bits per heavy atom. The summed E-state index contributed by atoms with van der Waals surface area (Å²) in [5.74, 6) is 4.81. The van der Waals surface area contributed by atoms with Gasteiger partial charge in [-0.2, -0.15) is 0 Å². The highest BCUT2D eigenvalue weighted by molar-refractivity contribution is 5.13. The van der Waals surface area contributed by atoms with E-state index < -0.39 is 0 Å². The van der Waals surface area contributed by atoms with E-state index in [2.05, 4.69) is 83.1 Å². The van der Waals surface area contributed by atoms with Crippen molar-refractivity contribution in [3.8, 4) is 0 Å². The van der Waals surface area contributed by atoms with Crippen LogP contribution >= 0.6 is 0 Å². The molecule has 0 bridgehead atoms. The minimum atomic E-state index is 0.711. The van der Waals surface area contributed by atoms with Gasteiger partial charge in [0, 0.05) is 0 Å². The van der Waals surface area contributed by atoms with E-state index in [0.29, 0.717) is 11.8 Å². The fourth-order valence-corrected chi connectivity index (χ4v) is 2.12. The summed E-state index contributed by atoms with van der Waals surface area (Å²) in [7, 11) is 0. The van der Waals surface area contributed by atoms with Gasteiger partial charge in [-0.05, 0) is 49.4 Å². The van der Waals surface area contributed by atoms with Crippen LogP contribution in [0.4, 0.5) is 0 Å². The first-order valence-corrected chi connectivity index (χ1v) is 8.60. The molecule has 0 aliphatic rings. The second kappa shape index (κ2) is 10.5. The van der Waals surface area contributed by atoms with Crippen LogP contribution in [-0.4, -0.2) is 0 Å². The summed E-state index contributed by atoms with van der Waals surface area (Å²) in [6.07, 6.45) is 0. The molecule has 0 aromatic heterocycles. The molecule has 122 valence electrons. The molecule has 0 amide bonds. The van der Waals surface area contributed by atoms with E-state index in [-0.39, 0.29) is 0 Å². The van der Waals surface area contributed by atoms with Crippen molar-refractivity contribution in [1.82, 2.24) is 0 Å². The van der Waals surface area contributed by atoms with Crippen molar-refractivity contribution in [2.75, 3.05) is 0 Å². The second-order valence-electron chi connectivity index (χ2n) is 7.88. The molecule has 0 aromatic rings. The summed E-state index contributed by atoms with van der Waals surface area (Å²) in [5, 5.41) is 0. The molecule has 0 saturated carbocycles. The monoisotopic (exact) mass is 282 g/mol. The van der Waals surface area contributed by atoms with E-state index >= 15 is 0 Å². The third-order valence-corrected chi connectivity index (χ3v) is 5.29. The van der Waals surface area contributed by atoms with Crippen molar-refractivity contribution in [3.63, 3.8) is 0 Å². The molecule has 0 saturated heterocycles. The zero-order valence-corrected chi connectivity index (χ0v) is 16.5. The van der Waals surface area contributed by atoms with Crippen LogP contribution in [0.1, 0.15) is 83.1 Å². The normalized spacial score (nSPS) is 16.2. The third-order valence-electron chi connectivity index (χ3n) is 5.29. The van der Waals surface area contributed by atoms with Gasteiger partial charge in [0.05, 0.1) is 0 Å². The average molecular weight is 283 g/mol. The predicted octanol–water partition coefficient (Wildman–Crippen LogP) is 7.21. The Morgan fingerprint density at radius 2 is 0.650 bits per heavy atom. The zero-order chi connectivity index (χ0) is 16.6. The van der Waals surface area contributed by atoms with Crippen molar-refractivity contribution < 1.29 is 0 Å². The standard InChI is InChI=1S/C10H22.C10H20/c2*1-7(2)9(5)10(6)8(3)4/h7-10H,1-6H3;7-8H,1-6H3/b;10-9-. The van der Waals surface area contributed by atoms with Crippen molar-refractivity contribution in [1.29, 1.82) is 0 Å². The summed E-state index contributed by atoms with van der Waals surface area (Å²) in [4.78, 5) is 0. The molecule has 0 rings (SSSR count). The molecule has 2 atom stereocenters. The molecule has 0 spiro atoms. The molecule has 0 heterocycles. The maximum absolute atomic E-state index is 2.36. The smallest absolute Gasteiger partial charge is 0.0260 e. The lowest BCUT2D eigenvalue weighted by Gasteiger charge is -2.26. The van der Waals surface area contributed by atoms with Crippen LogP contribution in [0.3, 0.4) is 0 Å². The molecule has 0 N–H and O–H groups in total. The van der Waals surface area contributed by atoms with Gasteiger partial charge >= 0.3 is 0 Å². The maximum atomic E-state index is 2.36. The van der Waals surface area contributed by atoms with Crippen LogP contribution < -0.4 is 0 Å². The van der Waals surface area contributed by atoms with E-state index in [1.54, 1.807) is 11.1 Å². The van der Waals surface area contributed by atoms with Gasteiger partial charge in [0.15, 0.2) is 0 Å². The molecular formula is C20H42. The zero-order valence-electron chi connectivity index (χ0n) is 16.5. The first-order valence-electron chi connectivity index (χ1n) is 8.60. The first-order chi connectivity index (χ1) is 8.93. The van der Waals surface area contributed by atoms with Gasteiger partial charge < -0.3 is 0 Å². The van der Waals surface area contributed by atoms with Crippen LogP contribution in [-0.2, 0) is 0 Å². The molecular weight excluding hydrogens is 240 g/mol. The molecule has 0 heteroatoms. The molecule has 0 aliphatic heterocycles. The molecule has 0 fully saturated rings. The Bertz CT molecular complexity index is 238. The van der Waals surface area contributed by atoms with Gasteiger partial charge in [0.25, 0.3) is 0 Å². The van der Waals surface area contributed by atoms with E-state index in [1.165, 1.54) is 0 Å². The maximum Gasteiger partial charge on any atom is -0.0260 e. The molecule has 20 heavy (non-hydrogen) atoms. The number of hydrogen-bond donors (Lipinski definition) is 0. The largest absolute Gasteiger partial charge is 0.0716 e. The highest BCUT2D eigenvalue weighted by atomic mass is 14.2. The van der Waals surface area contributed by atoms with Crippen LogP contribution in [0.15, 0.2) is 11.1 Å². The van der Waals surface area contributed by atoms with Crippen LogP contribution in [0.5, 0.6) is 0 Å². The highest BCUT2D eigenvalue weighted by Crippen LogP contribution is 2.25. The number of allylic oxidation sites excluding steroid dienone is 2. The van der Waals surface area contributed by atoms with Crippen LogP contribution in [0.25, 0.3) is 0 Å².